The molecule has 4 N–H and O–H groups in total. The smallest absolute Gasteiger partial charge is 0.229 e. The van der Waals surface area contributed by atoms with E-state index in [0.717, 1.165) is 30.0 Å². The lowest BCUT2D eigenvalue weighted by Gasteiger charge is -2.46. The Morgan fingerprint density at radius 1 is 1.09 bits per heavy atom. The van der Waals surface area contributed by atoms with Crippen LogP contribution in [0.25, 0.3) is 0 Å². The van der Waals surface area contributed by atoms with E-state index in [1.807, 2.05) is 32.0 Å². The fourth-order valence-electron chi connectivity index (χ4n) is 4.66. The highest BCUT2D eigenvalue weighted by Gasteiger charge is 2.38. The largest absolute Gasteiger partial charge is 0.489 e. The zero-order valence-electron chi connectivity index (χ0n) is 21.1. The van der Waals surface area contributed by atoms with Gasteiger partial charge in [0.2, 0.25) is 5.95 Å². The first-order valence-corrected chi connectivity index (χ1v) is 11.7. The van der Waals surface area contributed by atoms with Crippen LogP contribution in [0.15, 0.2) is 24.4 Å². The van der Waals surface area contributed by atoms with Crippen LogP contribution in [0, 0.1) is 5.82 Å². The number of ether oxygens (including phenoxy) is 1. The predicted octanol–water partition coefficient (Wildman–Crippen LogP) is 5.69. The SMILES string of the molecule is CC(C)Nc1cc(Nc2ncc(F)c(NC3CC(C)(C)NC(C)(C)C3)n2)ccc1OC(C)C. The van der Waals surface area contributed by atoms with Crippen molar-refractivity contribution < 1.29 is 9.13 Å². The highest BCUT2D eigenvalue weighted by molar-refractivity contribution is 5.68. The van der Waals surface area contributed by atoms with Gasteiger partial charge in [0.25, 0.3) is 0 Å². The van der Waals surface area contributed by atoms with E-state index < -0.39 is 5.82 Å². The average molecular weight is 459 g/mol. The van der Waals surface area contributed by atoms with Crippen LogP contribution >= 0.6 is 0 Å². The fourth-order valence-corrected chi connectivity index (χ4v) is 4.66. The Kier molecular flexibility index (Phi) is 7.36. The Morgan fingerprint density at radius 2 is 1.76 bits per heavy atom. The summed E-state index contributed by atoms with van der Waals surface area (Å²) >= 11 is 0. The summed E-state index contributed by atoms with van der Waals surface area (Å²) in [5.41, 5.74) is 1.56. The zero-order valence-corrected chi connectivity index (χ0v) is 21.1. The average Bonchev–Trinajstić information content (AvgIpc) is 2.63. The number of aromatic nitrogens is 2. The van der Waals surface area contributed by atoms with Crippen molar-refractivity contribution in [3.63, 3.8) is 0 Å². The quantitative estimate of drug-likeness (QED) is 0.405. The Hall–Kier alpha value is -2.61. The number of halogens is 1. The first-order valence-electron chi connectivity index (χ1n) is 11.7. The van der Waals surface area contributed by atoms with Crippen LogP contribution in [-0.4, -0.2) is 39.2 Å². The maximum atomic E-state index is 14.6. The van der Waals surface area contributed by atoms with Crippen LogP contribution in [0.3, 0.4) is 0 Å². The van der Waals surface area contributed by atoms with E-state index in [1.165, 1.54) is 6.20 Å². The normalized spacial score (nSPS) is 17.8. The molecular formula is C25H39FN6O. The molecule has 7 nitrogen and oxygen atoms in total. The Balaban J connectivity index is 1.79. The monoisotopic (exact) mass is 458 g/mol. The molecule has 0 bridgehead atoms. The molecule has 0 saturated carbocycles. The highest BCUT2D eigenvalue weighted by atomic mass is 19.1. The van der Waals surface area contributed by atoms with Crippen molar-refractivity contribution in [3.05, 3.63) is 30.2 Å². The molecule has 0 aliphatic carbocycles. The Labute approximate surface area is 197 Å². The van der Waals surface area contributed by atoms with Gasteiger partial charge >= 0.3 is 0 Å². The third kappa shape index (κ3) is 7.19. The molecule has 1 aromatic carbocycles. The van der Waals surface area contributed by atoms with Crippen LogP contribution < -0.4 is 26.0 Å². The van der Waals surface area contributed by atoms with Gasteiger partial charge in [-0.3, -0.25) is 0 Å². The molecule has 1 aliphatic heterocycles. The molecule has 1 aliphatic rings. The molecular weight excluding hydrogens is 419 g/mol. The van der Waals surface area contributed by atoms with E-state index in [9.17, 15) is 4.39 Å². The number of piperidine rings is 1. The van der Waals surface area contributed by atoms with E-state index in [2.05, 4.69) is 72.8 Å². The van der Waals surface area contributed by atoms with Gasteiger partial charge in [-0.1, -0.05) is 0 Å². The van der Waals surface area contributed by atoms with Gasteiger partial charge in [0, 0.05) is 28.8 Å². The summed E-state index contributed by atoms with van der Waals surface area (Å²) in [5.74, 6) is 0.867. The van der Waals surface area contributed by atoms with Gasteiger partial charge in [-0.25, -0.2) is 9.37 Å². The minimum atomic E-state index is -0.461. The van der Waals surface area contributed by atoms with Crippen LogP contribution in [0.4, 0.5) is 27.5 Å². The number of benzene rings is 1. The molecule has 0 radical (unpaired) electrons. The second-order valence-corrected chi connectivity index (χ2v) is 10.8. The van der Waals surface area contributed by atoms with E-state index in [-0.39, 0.29) is 35.1 Å². The molecule has 1 saturated heterocycles. The van der Waals surface area contributed by atoms with E-state index in [1.54, 1.807) is 0 Å². The number of nitrogens with zero attached hydrogens (tertiary/aromatic N) is 2. The van der Waals surface area contributed by atoms with Crippen molar-refractivity contribution in [1.82, 2.24) is 15.3 Å². The zero-order chi connectivity index (χ0) is 24.4. The van der Waals surface area contributed by atoms with Gasteiger partial charge in [0.05, 0.1) is 18.0 Å². The molecule has 1 fully saturated rings. The number of hydrogen-bond acceptors (Lipinski definition) is 7. The number of rotatable bonds is 8. The van der Waals surface area contributed by atoms with Crippen molar-refractivity contribution >= 4 is 23.1 Å². The highest BCUT2D eigenvalue weighted by Crippen LogP contribution is 2.32. The van der Waals surface area contributed by atoms with Crippen molar-refractivity contribution in [2.24, 2.45) is 0 Å². The Morgan fingerprint density at radius 3 is 2.36 bits per heavy atom. The third-order valence-corrected chi connectivity index (χ3v) is 5.32. The topological polar surface area (TPSA) is 83.1 Å². The molecule has 0 atom stereocenters. The molecule has 182 valence electrons. The van der Waals surface area contributed by atoms with E-state index >= 15 is 0 Å². The van der Waals surface area contributed by atoms with Gasteiger partial charge in [-0.15, -0.1) is 0 Å². The molecule has 3 rings (SSSR count). The van der Waals surface area contributed by atoms with Crippen LogP contribution in [0.2, 0.25) is 0 Å². The summed E-state index contributed by atoms with van der Waals surface area (Å²) in [6, 6.07) is 6.11. The summed E-state index contributed by atoms with van der Waals surface area (Å²) in [6.07, 6.45) is 3.00. The summed E-state index contributed by atoms with van der Waals surface area (Å²) in [5, 5.41) is 13.6. The van der Waals surface area contributed by atoms with Crippen molar-refractivity contribution in [2.45, 2.75) is 97.5 Å². The van der Waals surface area contributed by atoms with Crippen molar-refractivity contribution in [2.75, 3.05) is 16.0 Å². The molecule has 0 spiro atoms. The number of hydrogen-bond donors (Lipinski definition) is 4. The van der Waals surface area contributed by atoms with Gasteiger partial charge in [-0.05, 0) is 86.4 Å². The van der Waals surface area contributed by atoms with E-state index in [4.69, 9.17) is 4.74 Å². The maximum Gasteiger partial charge on any atom is 0.229 e. The molecule has 0 unspecified atom stereocenters. The molecule has 33 heavy (non-hydrogen) atoms. The lowest BCUT2D eigenvalue weighted by Crippen LogP contribution is -2.60. The summed E-state index contributed by atoms with van der Waals surface area (Å²) in [4.78, 5) is 8.58. The number of nitrogens with one attached hydrogen (secondary N) is 4. The van der Waals surface area contributed by atoms with Crippen LogP contribution in [0.5, 0.6) is 5.75 Å². The predicted molar refractivity (Wildman–Crippen MR) is 134 cm³/mol. The first kappa shape index (κ1) is 25.0. The van der Waals surface area contributed by atoms with Gasteiger partial charge in [-0.2, -0.15) is 4.98 Å². The van der Waals surface area contributed by atoms with Gasteiger partial charge < -0.3 is 26.0 Å². The van der Waals surface area contributed by atoms with Crippen LogP contribution in [-0.2, 0) is 0 Å². The lowest BCUT2D eigenvalue weighted by atomic mass is 9.79. The van der Waals surface area contributed by atoms with Gasteiger partial charge in [0.15, 0.2) is 11.6 Å². The summed E-state index contributed by atoms with van der Waals surface area (Å²) < 4.78 is 20.5. The molecule has 2 heterocycles. The number of anilines is 4. The Bertz CT molecular complexity index is 944. The minimum Gasteiger partial charge on any atom is -0.489 e. The second kappa shape index (κ2) is 9.71. The van der Waals surface area contributed by atoms with Crippen molar-refractivity contribution in [1.29, 1.82) is 0 Å². The molecule has 0 amide bonds. The molecule has 1 aromatic heterocycles. The molecule has 8 heteroatoms. The standard InChI is InChI=1S/C25H39FN6O/c1-15(2)28-20-11-17(9-10-21(20)33-16(3)4)30-23-27-14-19(26)22(31-23)29-18-12-24(5,6)32-25(7,8)13-18/h9-11,14-16,18,28,32H,12-13H2,1-8H3,(H2,27,29,30,31). The second-order valence-electron chi connectivity index (χ2n) is 10.8. The van der Waals surface area contributed by atoms with Crippen molar-refractivity contribution in [3.8, 4) is 5.75 Å². The van der Waals surface area contributed by atoms with Gasteiger partial charge in [0.1, 0.15) is 5.75 Å². The first-order chi connectivity index (χ1) is 15.3. The summed E-state index contributed by atoms with van der Waals surface area (Å²) in [6.45, 7) is 16.8. The maximum absolute atomic E-state index is 14.6. The van der Waals surface area contributed by atoms with E-state index in [0.29, 0.717) is 5.95 Å². The lowest BCUT2D eigenvalue weighted by molar-refractivity contribution is 0.170. The molecule has 2 aromatic rings. The third-order valence-electron chi connectivity index (χ3n) is 5.32. The fraction of sp³-hybridized carbons (Fsp3) is 0.600. The summed E-state index contributed by atoms with van der Waals surface area (Å²) in [7, 11) is 0. The van der Waals surface area contributed by atoms with Crippen LogP contribution in [0.1, 0.15) is 68.2 Å². The minimum absolute atomic E-state index is 0.0520.